The van der Waals surface area contributed by atoms with Crippen LogP contribution in [0.3, 0.4) is 0 Å². The van der Waals surface area contributed by atoms with Crippen molar-refractivity contribution in [3.05, 3.63) is 61.2 Å². The first kappa shape index (κ1) is 16.6. The Bertz CT molecular complexity index is 908. The SMILES string of the molecule is Cc1cc(Br)cc(Cl)c1OC(=O)c1oc2ccc(Br)cc2c1C. The maximum absolute atomic E-state index is 12.5. The lowest BCUT2D eigenvalue weighted by Gasteiger charge is -2.09. The van der Waals surface area contributed by atoms with Crippen molar-refractivity contribution in [1.29, 1.82) is 0 Å². The van der Waals surface area contributed by atoms with Gasteiger partial charge >= 0.3 is 5.97 Å². The number of ether oxygens (including phenoxy) is 1. The zero-order valence-corrected chi connectivity index (χ0v) is 16.2. The van der Waals surface area contributed by atoms with E-state index >= 15 is 0 Å². The van der Waals surface area contributed by atoms with E-state index in [0.717, 1.165) is 25.5 Å². The van der Waals surface area contributed by atoms with E-state index < -0.39 is 5.97 Å². The predicted molar refractivity (Wildman–Crippen MR) is 97.5 cm³/mol. The summed E-state index contributed by atoms with van der Waals surface area (Å²) in [6.07, 6.45) is 0. The molecule has 1 heterocycles. The van der Waals surface area contributed by atoms with Crippen LogP contribution in [0.2, 0.25) is 5.02 Å². The summed E-state index contributed by atoms with van der Waals surface area (Å²) < 4.78 is 12.8. The Kier molecular flexibility index (Phi) is 4.54. The van der Waals surface area contributed by atoms with E-state index in [1.165, 1.54) is 0 Å². The maximum Gasteiger partial charge on any atom is 0.380 e. The number of halogens is 3. The first-order chi connectivity index (χ1) is 10.9. The molecule has 0 aliphatic rings. The van der Waals surface area contributed by atoms with Gasteiger partial charge in [-0.05, 0) is 49.7 Å². The molecule has 0 saturated heterocycles. The molecule has 118 valence electrons. The lowest BCUT2D eigenvalue weighted by Crippen LogP contribution is -2.10. The summed E-state index contributed by atoms with van der Waals surface area (Å²) in [6.45, 7) is 3.65. The Hall–Kier alpha value is -1.30. The number of furan rings is 1. The van der Waals surface area contributed by atoms with Gasteiger partial charge in [-0.3, -0.25) is 0 Å². The number of rotatable bonds is 2. The Labute approximate surface area is 154 Å². The van der Waals surface area contributed by atoms with Crippen molar-refractivity contribution in [3.63, 3.8) is 0 Å². The Morgan fingerprint density at radius 2 is 1.87 bits per heavy atom. The van der Waals surface area contributed by atoms with Crippen molar-refractivity contribution in [2.75, 3.05) is 0 Å². The number of esters is 1. The summed E-state index contributed by atoms with van der Waals surface area (Å²) in [5.74, 6) is -0.0560. The predicted octanol–water partition coefficient (Wildman–Crippen LogP) is 6.45. The molecule has 0 aliphatic carbocycles. The number of benzene rings is 2. The Morgan fingerprint density at radius 1 is 1.13 bits per heavy atom. The van der Waals surface area contributed by atoms with Gasteiger partial charge in [0.05, 0.1) is 5.02 Å². The van der Waals surface area contributed by atoms with Gasteiger partial charge in [0.15, 0.2) is 5.75 Å². The van der Waals surface area contributed by atoms with Crippen LogP contribution >= 0.6 is 43.5 Å². The van der Waals surface area contributed by atoms with Crippen LogP contribution in [-0.4, -0.2) is 5.97 Å². The van der Waals surface area contributed by atoms with Crippen LogP contribution in [0.4, 0.5) is 0 Å². The van der Waals surface area contributed by atoms with Gasteiger partial charge in [-0.1, -0.05) is 43.5 Å². The first-order valence-corrected chi connectivity index (χ1v) is 8.69. The average Bonchev–Trinajstić information content (AvgIpc) is 2.80. The van der Waals surface area contributed by atoms with Gasteiger partial charge in [-0.15, -0.1) is 0 Å². The second-order valence-electron chi connectivity index (χ2n) is 5.12. The van der Waals surface area contributed by atoms with E-state index in [-0.39, 0.29) is 5.76 Å². The average molecular weight is 459 g/mol. The molecule has 2 aromatic carbocycles. The maximum atomic E-state index is 12.5. The molecule has 0 radical (unpaired) electrons. The van der Waals surface area contributed by atoms with Gasteiger partial charge in [-0.2, -0.15) is 0 Å². The van der Waals surface area contributed by atoms with Crippen LogP contribution in [0.15, 0.2) is 43.7 Å². The number of carbonyl (C=O) groups is 1. The Balaban J connectivity index is 2.00. The molecule has 3 nitrogen and oxygen atoms in total. The normalized spacial score (nSPS) is 11.0. The van der Waals surface area contributed by atoms with E-state index in [4.69, 9.17) is 20.8 Å². The fraction of sp³-hybridized carbons (Fsp3) is 0.118. The van der Waals surface area contributed by atoms with Crippen molar-refractivity contribution in [2.24, 2.45) is 0 Å². The molecular formula is C17H11Br2ClO3. The number of carbonyl (C=O) groups excluding carboxylic acids is 1. The molecular weight excluding hydrogens is 447 g/mol. The van der Waals surface area contributed by atoms with E-state index in [9.17, 15) is 4.79 Å². The highest BCUT2D eigenvalue weighted by molar-refractivity contribution is 9.10. The first-order valence-electron chi connectivity index (χ1n) is 6.73. The molecule has 0 bridgehead atoms. The smallest absolute Gasteiger partial charge is 0.380 e. The topological polar surface area (TPSA) is 39.4 Å². The second-order valence-corrected chi connectivity index (χ2v) is 7.36. The largest absolute Gasteiger partial charge is 0.449 e. The second kappa shape index (κ2) is 6.30. The van der Waals surface area contributed by atoms with E-state index in [1.54, 1.807) is 12.1 Å². The highest BCUT2D eigenvalue weighted by Crippen LogP contribution is 2.34. The molecule has 6 heteroatoms. The number of fused-ring (bicyclic) bond motifs is 1. The van der Waals surface area contributed by atoms with Gasteiger partial charge in [0.1, 0.15) is 5.58 Å². The van der Waals surface area contributed by atoms with Gasteiger partial charge in [-0.25, -0.2) is 4.79 Å². The summed E-state index contributed by atoms with van der Waals surface area (Å²) in [5, 5.41) is 1.23. The number of hydrogen-bond acceptors (Lipinski definition) is 3. The van der Waals surface area contributed by atoms with Crippen LogP contribution in [-0.2, 0) is 0 Å². The third-order valence-corrected chi connectivity index (χ3v) is 4.70. The van der Waals surface area contributed by atoms with Crippen LogP contribution in [0.1, 0.15) is 21.7 Å². The number of hydrogen-bond donors (Lipinski definition) is 0. The van der Waals surface area contributed by atoms with Crippen molar-refractivity contribution < 1.29 is 13.9 Å². The standard InChI is InChI=1S/C17H11Br2ClO3/c1-8-5-11(19)7-13(20)15(8)23-17(21)16-9(2)12-6-10(18)3-4-14(12)22-16/h3-7H,1-2H3. The molecule has 0 unspecified atom stereocenters. The highest BCUT2D eigenvalue weighted by atomic mass is 79.9. The third-order valence-electron chi connectivity index (χ3n) is 3.47. The zero-order valence-electron chi connectivity index (χ0n) is 12.2. The molecule has 3 rings (SSSR count). The van der Waals surface area contributed by atoms with E-state index in [2.05, 4.69) is 31.9 Å². The lowest BCUT2D eigenvalue weighted by molar-refractivity contribution is 0.0701. The van der Waals surface area contributed by atoms with Crippen LogP contribution in [0.5, 0.6) is 5.75 Å². The minimum absolute atomic E-state index is 0.177. The van der Waals surface area contributed by atoms with Crippen molar-refractivity contribution in [2.45, 2.75) is 13.8 Å². The van der Waals surface area contributed by atoms with Crippen molar-refractivity contribution in [1.82, 2.24) is 0 Å². The molecule has 0 amide bonds. The molecule has 0 atom stereocenters. The molecule has 0 saturated carbocycles. The summed E-state index contributed by atoms with van der Waals surface area (Å²) in [4.78, 5) is 12.5. The summed E-state index contributed by atoms with van der Waals surface area (Å²) in [7, 11) is 0. The van der Waals surface area contributed by atoms with E-state index in [1.807, 2.05) is 32.0 Å². The minimum Gasteiger partial charge on any atom is -0.449 e. The fourth-order valence-electron chi connectivity index (χ4n) is 2.35. The fourth-order valence-corrected chi connectivity index (χ4v) is 3.72. The quantitative estimate of drug-likeness (QED) is 0.327. The van der Waals surface area contributed by atoms with Crippen LogP contribution < -0.4 is 4.74 Å². The Morgan fingerprint density at radius 3 is 2.57 bits per heavy atom. The highest BCUT2D eigenvalue weighted by Gasteiger charge is 2.21. The monoisotopic (exact) mass is 456 g/mol. The number of aryl methyl sites for hydroxylation is 2. The van der Waals surface area contributed by atoms with Crippen LogP contribution in [0.25, 0.3) is 11.0 Å². The van der Waals surface area contributed by atoms with Gasteiger partial charge in [0.2, 0.25) is 5.76 Å². The molecule has 0 fully saturated rings. The summed E-state index contributed by atoms with van der Waals surface area (Å²) >= 11 is 12.9. The molecule has 1 aromatic heterocycles. The van der Waals surface area contributed by atoms with Crippen molar-refractivity contribution in [3.8, 4) is 5.75 Å². The van der Waals surface area contributed by atoms with Crippen LogP contribution in [0, 0.1) is 13.8 Å². The molecule has 0 aliphatic heterocycles. The molecule has 0 N–H and O–H groups in total. The van der Waals surface area contributed by atoms with Gasteiger partial charge in [0.25, 0.3) is 0 Å². The van der Waals surface area contributed by atoms with Crippen molar-refractivity contribution >= 4 is 60.4 Å². The summed E-state index contributed by atoms with van der Waals surface area (Å²) in [6, 6.07) is 9.08. The van der Waals surface area contributed by atoms with Gasteiger partial charge < -0.3 is 9.15 Å². The lowest BCUT2D eigenvalue weighted by atomic mass is 10.1. The molecule has 0 spiro atoms. The van der Waals surface area contributed by atoms with Gasteiger partial charge in [0, 0.05) is 19.9 Å². The summed E-state index contributed by atoms with van der Waals surface area (Å²) in [5.41, 5.74) is 2.13. The molecule has 23 heavy (non-hydrogen) atoms. The third kappa shape index (κ3) is 3.18. The molecule has 3 aromatic rings. The zero-order chi connectivity index (χ0) is 16.7. The van der Waals surface area contributed by atoms with E-state index in [0.29, 0.717) is 16.4 Å². The minimum atomic E-state index is -0.567.